The van der Waals surface area contributed by atoms with Crippen molar-refractivity contribution >= 4 is 18.3 Å². The highest BCUT2D eigenvalue weighted by Gasteiger charge is 2.06. The van der Waals surface area contributed by atoms with Gasteiger partial charge in [0, 0.05) is 11.8 Å². The Morgan fingerprint density at radius 2 is 1.95 bits per heavy atom. The predicted octanol–water partition coefficient (Wildman–Crippen LogP) is 3.72. The van der Waals surface area contributed by atoms with Gasteiger partial charge in [-0.3, -0.25) is 10.2 Å². The van der Waals surface area contributed by atoms with Crippen LogP contribution in [0.1, 0.15) is 22.8 Å². The van der Waals surface area contributed by atoms with Crippen molar-refractivity contribution in [3.05, 3.63) is 59.4 Å². The number of aldehydes is 1. The number of hydrogen-bond donors (Lipinski definition) is 1. The van der Waals surface area contributed by atoms with Crippen LogP contribution >= 0.6 is 0 Å². The first-order valence-electron chi connectivity index (χ1n) is 6.08. The van der Waals surface area contributed by atoms with Crippen molar-refractivity contribution in [1.29, 1.82) is 5.41 Å². The molecule has 0 radical (unpaired) electrons. The number of amidine groups is 1. The van der Waals surface area contributed by atoms with Gasteiger partial charge in [0.05, 0.1) is 5.56 Å². The maximum Gasteiger partial charge on any atom is 0.153 e. The normalized spacial score (nSPS) is 10.7. The lowest BCUT2D eigenvalue weighted by atomic mass is 10.0. The summed E-state index contributed by atoms with van der Waals surface area (Å²) < 4.78 is 13.3. The third kappa shape index (κ3) is 2.85. The number of halogens is 1. The van der Waals surface area contributed by atoms with Gasteiger partial charge in [0.1, 0.15) is 5.82 Å². The van der Waals surface area contributed by atoms with Crippen LogP contribution in [0.25, 0.3) is 11.1 Å². The average molecular weight is 268 g/mol. The highest BCUT2D eigenvalue weighted by molar-refractivity contribution is 6.01. The van der Waals surface area contributed by atoms with Gasteiger partial charge in [-0.1, -0.05) is 24.3 Å². The first-order valence-corrected chi connectivity index (χ1v) is 6.08. The molecule has 0 unspecified atom stereocenters. The Kier molecular flexibility index (Phi) is 4.15. The summed E-state index contributed by atoms with van der Waals surface area (Å²) in [6.07, 6.45) is 2.05. The molecule has 0 fully saturated rings. The summed E-state index contributed by atoms with van der Waals surface area (Å²) in [5, 5.41) is 7.79. The highest BCUT2D eigenvalue weighted by atomic mass is 19.1. The molecule has 2 rings (SSSR count). The summed E-state index contributed by atoms with van der Waals surface area (Å²) >= 11 is 0. The van der Waals surface area contributed by atoms with Crippen LogP contribution in [0.2, 0.25) is 0 Å². The summed E-state index contributed by atoms with van der Waals surface area (Å²) in [7, 11) is 0. The molecular weight excluding hydrogens is 255 g/mol. The molecule has 0 bridgehead atoms. The van der Waals surface area contributed by atoms with E-state index in [1.807, 2.05) is 6.07 Å². The zero-order valence-electron chi connectivity index (χ0n) is 10.9. The fourth-order valence-electron chi connectivity index (χ4n) is 1.86. The van der Waals surface area contributed by atoms with Gasteiger partial charge in [-0.05, 0) is 36.2 Å². The van der Waals surface area contributed by atoms with E-state index in [0.717, 1.165) is 11.1 Å². The van der Waals surface area contributed by atoms with Crippen molar-refractivity contribution in [3.63, 3.8) is 0 Å². The minimum atomic E-state index is -0.539. The summed E-state index contributed by atoms with van der Waals surface area (Å²) in [5.74, 6) is -0.379. The largest absolute Gasteiger partial charge is 0.298 e. The van der Waals surface area contributed by atoms with Crippen LogP contribution in [-0.4, -0.2) is 18.3 Å². The number of hydrogen-bond acceptors (Lipinski definition) is 2. The molecule has 0 spiro atoms. The lowest BCUT2D eigenvalue weighted by Gasteiger charge is -2.06. The Morgan fingerprint density at radius 1 is 1.20 bits per heavy atom. The molecule has 0 heterocycles. The van der Waals surface area contributed by atoms with Crippen LogP contribution < -0.4 is 0 Å². The number of carbonyl (C=O) groups excluding carboxylic acids is 1. The number of aliphatic imine (C=N–C) groups is 1. The summed E-state index contributed by atoms with van der Waals surface area (Å²) in [6.45, 7) is 1.74. The Balaban J connectivity index is 2.45. The molecule has 0 aliphatic heterocycles. The second kappa shape index (κ2) is 6.02. The molecular formula is C16H13FN2O. The third-order valence-electron chi connectivity index (χ3n) is 2.85. The van der Waals surface area contributed by atoms with Crippen LogP contribution in [-0.2, 0) is 0 Å². The fraction of sp³-hybridized carbons (Fsp3) is 0.0625. The number of benzene rings is 2. The molecule has 0 amide bonds. The molecule has 0 aliphatic rings. The number of rotatable bonds is 3. The summed E-state index contributed by atoms with van der Waals surface area (Å²) in [5.41, 5.74) is 2.22. The Morgan fingerprint density at radius 3 is 2.65 bits per heavy atom. The zero-order chi connectivity index (χ0) is 14.5. The molecule has 0 saturated carbocycles. The van der Waals surface area contributed by atoms with E-state index in [1.54, 1.807) is 37.4 Å². The molecule has 0 aromatic heterocycles. The second-order valence-electron chi connectivity index (χ2n) is 4.17. The minimum Gasteiger partial charge on any atom is -0.298 e. The number of carbonyl (C=O) groups is 1. The van der Waals surface area contributed by atoms with Gasteiger partial charge in [-0.2, -0.15) is 0 Å². The van der Waals surface area contributed by atoms with E-state index in [0.29, 0.717) is 11.8 Å². The van der Waals surface area contributed by atoms with Crippen LogP contribution in [0.3, 0.4) is 0 Å². The molecule has 0 atom stereocenters. The van der Waals surface area contributed by atoms with E-state index >= 15 is 0 Å². The standard InChI is InChI=1S/C16H13FN2O/c1-2-19-16(18)13-5-3-4-11(8-13)12-6-7-15(17)14(9-12)10-20/h2-10,18H,1H3. The first kappa shape index (κ1) is 13.8. The van der Waals surface area contributed by atoms with E-state index in [9.17, 15) is 9.18 Å². The Hall–Kier alpha value is -2.62. The highest BCUT2D eigenvalue weighted by Crippen LogP contribution is 2.22. The lowest BCUT2D eigenvalue weighted by Crippen LogP contribution is -1.95. The van der Waals surface area contributed by atoms with Crippen molar-refractivity contribution in [1.82, 2.24) is 0 Å². The van der Waals surface area contributed by atoms with E-state index in [4.69, 9.17) is 5.41 Å². The third-order valence-corrected chi connectivity index (χ3v) is 2.85. The smallest absolute Gasteiger partial charge is 0.153 e. The lowest BCUT2D eigenvalue weighted by molar-refractivity contribution is 0.112. The minimum absolute atomic E-state index is 0.0227. The Labute approximate surface area is 116 Å². The van der Waals surface area contributed by atoms with E-state index in [-0.39, 0.29) is 11.4 Å². The van der Waals surface area contributed by atoms with Crippen LogP contribution in [0.15, 0.2) is 47.5 Å². The van der Waals surface area contributed by atoms with Gasteiger partial charge in [0.2, 0.25) is 0 Å². The van der Waals surface area contributed by atoms with Crippen molar-refractivity contribution < 1.29 is 9.18 Å². The molecule has 0 aliphatic carbocycles. The van der Waals surface area contributed by atoms with Crippen molar-refractivity contribution in [2.24, 2.45) is 4.99 Å². The van der Waals surface area contributed by atoms with Crippen molar-refractivity contribution in [3.8, 4) is 11.1 Å². The molecule has 2 aromatic rings. The average Bonchev–Trinajstić information content (AvgIpc) is 2.48. The second-order valence-corrected chi connectivity index (χ2v) is 4.17. The van der Waals surface area contributed by atoms with E-state index in [2.05, 4.69) is 4.99 Å². The van der Waals surface area contributed by atoms with Crippen LogP contribution in [0.5, 0.6) is 0 Å². The molecule has 1 N–H and O–H groups in total. The molecule has 0 saturated heterocycles. The molecule has 4 heteroatoms. The van der Waals surface area contributed by atoms with Gasteiger partial charge in [0.25, 0.3) is 0 Å². The van der Waals surface area contributed by atoms with Crippen molar-refractivity contribution in [2.75, 3.05) is 0 Å². The van der Waals surface area contributed by atoms with Gasteiger partial charge in [0.15, 0.2) is 12.1 Å². The molecule has 100 valence electrons. The van der Waals surface area contributed by atoms with Gasteiger partial charge in [-0.15, -0.1) is 0 Å². The van der Waals surface area contributed by atoms with Gasteiger partial charge in [-0.25, -0.2) is 9.38 Å². The molecule has 3 nitrogen and oxygen atoms in total. The van der Waals surface area contributed by atoms with Crippen LogP contribution in [0.4, 0.5) is 4.39 Å². The monoisotopic (exact) mass is 268 g/mol. The summed E-state index contributed by atoms with van der Waals surface area (Å²) in [6, 6.07) is 11.6. The van der Waals surface area contributed by atoms with Gasteiger partial charge >= 0.3 is 0 Å². The molecule has 2 aromatic carbocycles. The number of nitrogens with zero attached hydrogens (tertiary/aromatic N) is 1. The maximum absolute atomic E-state index is 13.3. The fourth-order valence-corrected chi connectivity index (χ4v) is 1.86. The van der Waals surface area contributed by atoms with E-state index < -0.39 is 5.82 Å². The predicted molar refractivity (Wildman–Crippen MR) is 78.2 cm³/mol. The quantitative estimate of drug-likeness (QED) is 0.515. The van der Waals surface area contributed by atoms with Crippen molar-refractivity contribution in [2.45, 2.75) is 6.92 Å². The topological polar surface area (TPSA) is 53.3 Å². The van der Waals surface area contributed by atoms with Gasteiger partial charge < -0.3 is 0 Å². The Bertz CT molecular complexity index is 693. The zero-order valence-corrected chi connectivity index (χ0v) is 10.9. The van der Waals surface area contributed by atoms with E-state index in [1.165, 1.54) is 12.1 Å². The summed E-state index contributed by atoms with van der Waals surface area (Å²) in [4.78, 5) is 14.7. The SMILES string of the molecule is CC=NC(=N)c1cccc(-c2ccc(F)c(C=O)c2)c1. The molecule has 20 heavy (non-hydrogen) atoms. The first-order chi connectivity index (χ1) is 9.65. The maximum atomic E-state index is 13.3. The number of nitrogens with one attached hydrogen (secondary N) is 1. The van der Waals surface area contributed by atoms with Crippen LogP contribution in [0, 0.1) is 11.2 Å².